The third kappa shape index (κ3) is 4.23. The Balaban J connectivity index is 1.67. The molecule has 2 heterocycles. The molecule has 9 heteroatoms. The van der Waals surface area contributed by atoms with Crippen molar-refractivity contribution in [2.45, 2.75) is 0 Å². The number of halogens is 2. The largest absolute Gasteiger partial charge is 0.455 e. The Morgan fingerprint density at radius 2 is 2.12 bits per heavy atom. The second kappa shape index (κ2) is 7.45. The molecule has 0 atom stereocenters. The van der Waals surface area contributed by atoms with Gasteiger partial charge in [-0.3, -0.25) is 15.5 Å². The van der Waals surface area contributed by atoms with Crippen LogP contribution in [0.3, 0.4) is 0 Å². The van der Waals surface area contributed by atoms with Gasteiger partial charge in [0, 0.05) is 16.1 Å². The van der Waals surface area contributed by atoms with Crippen LogP contribution in [0.25, 0.3) is 11.3 Å². The summed E-state index contributed by atoms with van der Waals surface area (Å²) in [6.07, 6.45) is 2.63. The monoisotopic (exact) mass is 420 g/mol. The predicted molar refractivity (Wildman–Crippen MR) is 99.0 cm³/mol. The van der Waals surface area contributed by atoms with Crippen LogP contribution in [-0.2, 0) is 0 Å². The van der Waals surface area contributed by atoms with Gasteiger partial charge in [-0.05, 0) is 46.3 Å². The zero-order valence-electron chi connectivity index (χ0n) is 12.5. The highest BCUT2D eigenvalue weighted by Gasteiger charge is 2.07. The predicted octanol–water partition coefficient (Wildman–Crippen LogP) is 5.11. The minimum Gasteiger partial charge on any atom is -0.455 e. The van der Waals surface area contributed by atoms with E-state index < -0.39 is 4.92 Å². The molecule has 3 rings (SSSR count). The number of nitrogens with zero attached hydrogens (tertiary/aromatic N) is 3. The lowest BCUT2D eigenvalue weighted by Gasteiger charge is -2.00. The van der Waals surface area contributed by atoms with Gasteiger partial charge in [0.15, 0.2) is 0 Å². The molecule has 0 saturated carbocycles. The lowest BCUT2D eigenvalue weighted by Crippen LogP contribution is -1.94. The Labute approximate surface area is 155 Å². The number of anilines is 1. The first-order valence-corrected chi connectivity index (χ1v) is 8.15. The first-order valence-electron chi connectivity index (χ1n) is 6.98. The van der Waals surface area contributed by atoms with Gasteiger partial charge in [-0.25, -0.2) is 4.98 Å². The maximum absolute atomic E-state index is 10.6. The summed E-state index contributed by atoms with van der Waals surface area (Å²) >= 11 is 9.42. The Morgan fingerprint density at radius 1 is 1.28 bits per heavy atom. The van der Waals surface area contributed by atoms with Crippen LogP contribution in [-0.4, -0.2) is 16.1 Å². The molecule has 0 aliphatic carbocycles. The van der Waals surface area contributed by atoms with E-state index in [-0.39, 0.29) is 5.69 Å². The molecule has 7 nitrogen and oxygen atoms in total. The second-order valence-corrected chi connectivity index (χ2v) is 6.12. The molecule has 0 amide bonds. The molecule has 3 aromatic rings. The normalized spacial score (nSPS) is 11.0. The fourth-order valence-electron chi connectivity index (χ4n) is 1.95. The molecule has 0 bridgehead atoms. The molecule has 0 unspecified atom stereocenters. The summed E-state index contributed by atoms with van der Waals surface area (Å²) in [6.45, 7) is 0. The number of benzene rings is 1. The van der Waals surface area contributed by atoms with Gasteiger partial charge >= 0.3 is 0 Å². The molecule has 25 heavy (non-hydrogen) atoms. The molecular formula is C16H10BrClN4O3. The molecule has 126 valence electrons. The van der Waals surface area contributed by atoms with Gasteiger partial charge in [-0.15, -0.1) is 0 Å². The Kier molecular flexibility index (Phi) is 5.11. The van der Waals surface area contributed by atoms with Gasteiger partial charge in [0.2, 0.25) is 0 Å². The number of pyridine rings is 1. The van der Waals surface area contributed by atoms with Gasteiger partial charge in [0.1, 0.15) is 23.5 Å². The van der Waals surface area contributed by atoms with E-state index in [0.29, 0.717) is 22.4 Å². The van der Waals surface area contributed by atoms with Gasteiger partial charge in [0.25, 0.3) is 5.69 Å². The van der Waals surface area contributed by atoms with Crippen molar-refractivity contribution in [1.82, 2.24) is 4.98 Å². The second-order valence-electron chi connectivity index (χ2n) is 4.86. The van der Waals surface area contributed by atoms with Crippen LogP contribution >= 0.6 is 27.5 Å². The summed E-state index contributed by atoms with van der Waals surface area (Å²) < 4.78 is 6.49. The van der Waals surface area contributed by atoms with Crippen LogP contribution in [0.2, 0.25) is 5.02 Å². The third-order valence-corrected chi connectivity index (χ3v) is 4.39. The third-order valence-electron chi connectivity index (χ3n) is 3.16. The van der Waals surface area contributed by atoms with Crippen molar-refractivity contribution >= 4 is 45.3 Å². The lowest BCUT2D eigenvalue weighted by atomic mass is 10.2. The Morgan fingerprint density at radius 3 is 2.80 bits per heavy atom. The number of furan rings is 1. The van der Waals surface area contributed by atoms with E-state index in [4.69, 9.17) is 16.0 Å². The fraction of sp³-hybridized carbons (Fsp3) is 0. The molecule has 0 spiro atoms. The minimum atomic E-state index is -0.515. The summed E-state index contributed by atoms with van der Waals surface area (Å²) in [5.41, 5.74) is 3.43. The average Bonchev–Trinajstić information content (AvgIpc) is 3.07. The van der Waals surface area contributed by atoms with E-state index in [0.717, 1.165) is 16.2 Å². The zero-order chi connectivity index (χ0) is 17.8. The Hall–Kier alpha value is -2.71. The van der Waals surface area contributed by atoms with Crippen LogP contribution in [0.1, 0.15) is 5.76 Å². The molecule has 1 N–H and O–H groups in total. The Bertz CT molecular complexity index is 941. The molecular weight excluding hydrogens is 412 g/mol. The van der Waals surface area contributed by atoms with Gasteiger partial charge in [-0.2, -0.15) is 5.10 Å². The first kappa shape index (κ1) is 17.1. The molecule has 0 aliphatic heterocycles. The number of aromatic nitrogens is 1. The van der Waals surface area contributed by atoms with E-state index in [2.05, 4.69) is 31.4 Å². The van der Waals surface area contributed by atoms with Crippen LogP contribution in [0.4, 0.5) is 11.5 Å². The maximum Gasteiger partial charge on any atom is 0.287 e. The number of nitro groups is 1. The van der Waals surface area contributed by atoms with Crippen molar-refractivity contribution in [3.8, 4) is 11.3 Å². The lowest BCUT2D eigenvalue weighted by molar-refractivity contribution is -0.385. The smallest absolute Gasteiger partial charge is 0.287 e. The van der Waals surface area contributed by atoms with E-state index >= 15 is 0 Å². The highest BCUT2D eigenvalue weighted by molar-refractivity contribution is 9.10. The van der Waals surface area contributed by atoms with Crippen LogP contribution in [0.5, 0.6) is 0 Å². The molecule has 2 aromatic heterocycles. The summed E-state index contributed by atoms with van der Waals surface area (Å²) in [4.78, 5) is 13.9. The van der Waals surface area contributed by atoms with E-state index in [1.165, 1.54) is 18.3 Å². The van der Waals surface area contributed by atoms with Crippen molar-refractivity contribution in [2.75, 3.05) is 5.43 Å². The van der Waals surface area contributed by atoms with E-state index in [1.807, 2.05) is 18.2 Å². The van der Waals surface area contributed by atoms with Crippen molar-refractivity contribution in [1.29, 1.82) is 0 Å². The van der Waals surface area contributed by atoms with Crippen molar-refractivity contribution < 1.29 is 9.34 Å². The summed E-state index contributed by atoms with van der Waals surface area (Å²) in [6, 6.07) is 11.9. The van der Waals surface area contributed by atoms with Crippen LogP contribution in [0, 0.1) is 10.1 Å². The van der Waals surface area contributed by atoms with Gasteiger partial charge in [0.05, 0.1) is 16.2 Å². The summed E-state index contributed by atoms with van der Waals surface area (Å²) in [5, 5.41) is 15.1. The molecule has 0 fully saturated rings. The van der Waals surface area contributed by atoms with Crippen LogP contribution < -0.4 is 5.43 Å². The summed E-state index contributed by atoms with van der Waals surface area (Å²) in [7, 11) is 0. The minimum absolute atomic E-state index is 0.0848. The average molecular weight is 422 g/mol. The van der Waals surface area contributed by atoms with Gasteiger partial charge in [-0.1, -0.05) is 17.7 Å². The van der Waals surface area contributed by atoms with Crippen LogP contribution in [0.15, 0.2) is 62.7 Å². The topological polar surface area (TPSA) is 93.6 Å². The number of hydrogen-bond acceptors (Lipinski definition) is 6. The van der Waals surface area contributed by atoms with Crippen molar-refractivity contribution in [2.24, 2.45) is 5.10 Å². The molecule has 1 aromatic carbocycles. The molecule has 0 radical (unpaired) electrons. The van der Waals surface area contributed by atoms with E-state index in [9.17, 15) is 10.1 Å². The van der Waals surface area contributed by atoms with Gasteiger partial charge < -0.3 is 4.42 Å². The summed E-state index contributed by atoms with van der Waals surface area (Å²) in [5.74, 6) is 1.57. The number of nitrogens with one attached hydrogen (secondary N) is 1. The first-order chi connectivity index (χ1) is 12.0. The molecule has 0 saturated heterocycles. The number of rotatable bonds is 5. The SMILES string of the molecule is O=[N+]([O-])c1ccc(N/N=C\c2ccc(-c3ccc(Br)c(Cl)c3)o2)nc1. The standard InChI is InChI=1S/C16H10BrClN4O3/c17-13-4-1-10(7-14(13)18)15-5-3-12(25-15)9-20-21-16-6-2-11(8-19-16)22(23)24/h1-9H,(H,19,21)/b20-9-. The zero-order valence-corrected chi connectivity index (χ0v) is 14.9. The highest BCUT2D eigenvalue weighted by atomic mass is 79.9. The maximum atomic E-state index is 10.6. The molecule has 0 aliphatic rings. The number of hydrazone groups is 1. The van der Waals surface area contributed by atoms with E-state index in [1.54, 1.807) is 12.1 Å². The van der Waals surface area contributed by atoms with Crippen molar-refractivity contribution in [3.63, 3.8) is 0 Å². The quantitative estimate of drug-likeness (QED) is 0.351. The van der Waals surface area contributed by atoms with Crippen molar-refractivity contribution in [3.05, 3.63) is 74.0 Å². The highest BCUT2D eigenvalue weighted by Crippen LogP contribution is 2.29. The fourth-order valence-corrected chi connectivity index (χ4v) is 2.38. The number of hydrogen-bond donors (Lipinski definition) is 1.